The van der Waals surface area contributed by atoms with Crippen LogP contribution in [0.5, 0.6) is 0 Å². The van der Waals surface area contributed by atoms with E-state index in [1.54, 1.807) is 23.6 Å². The van der Waals surface area contributed by atoms with Crippen molar-refractivity contribution in [3.05, 3.63) is 65.1 Å². The highest BCUT2D eigenvalue weighted by molar-refractivity contribution is 7.14. The Labute approximate surface area is 190 Å². The van der Waals surface area contributed by atoms with Crippen molar-refractivity contribution < 1.29 is 4.79 Å². The molecular weight excluding hydrogens is 420 g/mol. The number of aryl methyl sites for hydroxylation is 1. The van der Waals surface area contributed by atoms with E-state index < -0.39 is 0 Å². The maximum atomic E-state index is 13.0. The van der Waals surface area contributed by atoms with Crippen LogP contribution in [0.25, 0.3) is 21.3 Å². The summed E-state index contributed by atoms with van der Waals surface area (Å²) in [6, 6.07) is 12.3. The summed E-state index contributed by atoms with van der Waals surface area (Å²) in [5.41, 5.74) is 2.45. The Morgan fingerprint density at radius 1 is 1.09 bits per heavy atom. The van der Waals surface area contributed by atoms with Crippen molar-refractivity contribution in [3.63, 3.8) is 0 Å². The largest absolute Gasteiger partial charge is 0.353 e. The van der Waals surface area contributed by atoms with Crippen LogP contribution in [0.3, 0.4) is 0 Å². The molecule has 1 aliphatic rings. The molecule has 0 saturated carbocycles. The molecule has 162 valence electrons. The average Bonchev–Trinajstić information content (AvgIpc) is 3.18. The molecule has 0 atom stereocenters. The summed E-state index contributed by atoms with van der Waals surface area (Å²) in [5, 5.41) is 12.3. The minimum absolute atomic E-state index is 0.0427. The number of pyridine rings is 2. The second-order valence-corrected chi connectivity index (χ2v) is 9.57. The highest BCUT2D eigenvalue weighted by atomic mass is 32.1. The number of ketones is 1. The first-order valence-electron chi connectivity index (χ1n) is 10.6. The lowest BCUT2D eigenvalue weighted by Gasteiger charge is -2.43. The summed E-state index contributed by atoms with van der Waals surface area (Å²) >= 11 is 1.57. The molecule has 4 heterocycles. The maximum Gasteiger partial charge on any atom is 0.169 e. The third-order valence-electron chi connectivity index (χ3n) is 5.88. The van der Waals surface area contributed by atoms with Crippen LogP contribution in [0.4, 0.5) is 5.82 Å². The third-order valence-corrected chi connectivity index (χ3v) is 6.76. The van der Waals surface area contributed by atoms with Crippen LogP contribution in [0, 0.1) is 6.92 Å². The van der Waals surface area contributed by atoms with Gasteiger partial charge in [-0.3, -0.25) is 9.78 Å². The minimum atomic E-state index is 0.0427. The van der Waals surface area contributed by atoms with Crippen LogP contribution in [-0.2, 0) is 6.42 Å². The molecule has 0 amide bonds. The molecular formula is C24H24N6OS. The van der Waals surface area contributed by atoms with Gasteiger partial charge in [0.05, 0.1) is 6.42 Å². The average molecular weight is 445 g/mol. The Morgan fingerprint density at radius 3 is 2.69 bits per heavy atom. The molecule has 32 heavy (non-hydrogen) atoms. The van der Waals surface area contributed by atoms with Gasteiger partial charge in [-0.25, -0.2) is 4.98 Å². The zero-order chi connectivity index (χ0) is 22.2. The van der Waals surface area contributed by atoms with Crippen LogP contribution in [-0.4, -0.2) is 64.1 Å². The van der Waals surface area contributed by atoms with Gasteiger partial charge in [0.2, 0.25) is 0 Å². The van der Waals surface area contributed by atoms with E-state index in [-0.39, 0.29) is 12.2 Å². The number of hydrogen-bond acceptors (Lipinski definition) is 8. The Morgan fingerprint density at radius 2 is 1.94 bits per heavy atom. The predicted octanol–water partition coefficient (Wildman–Crippen LogP) is 3.63. The molecule has 1 fully saturated rings. The lowest BCUT2D eigenvalue weighted by Crippen LogP contribution is -2.57. The number of nitrogens with zero attached hydrogens (tertiary/aromatic N) is 6. The van der Waals surface area contributed by atoms with Crippen molar-refractivity contribution in [2.24, 2.45) is 0 Å². The molecule has 0 unspecified atom stereocenters. The molecule has 7 nitrogen and oxygen atoms in total. The van der Waals surface area contributed by atoms with Crippen LogP contribution >= 0.6 is 11.3 Å². The Balaban J connectivity index is 1.34. The quantitative estimate of drug-likeness (QED) is 0.420. The highest BCUT2D eigenvalue weighted by Gasteiger charge is 2.29. The summed E-state index contributed by atoms with van der Waals surface area (Å²) in [5.74, 6) is 0.901. The number of Topliss-reactive ketones (excluding diaryl/α,β-unsaturated/α-hetero) is 1. The molecule has 4 aromatic rings. The normalized spacial score (nSPS) is 14.2. The van der Waals surface area contributed by atoms with Crippen molar-refractivity contribution >= 4 is 33.7 Å². The van der Waals surface area contributed by atoms with Gasteiger partial charge < -0.3 is 9.80 Å². The fourth-order valence-corrected chi connectivity index (χ4v) is 4.52. The number of carbonyl (C=O) groups is 1. The van der Waals surface area contributed by atoms with Crippen molar-refractivity contribution in [2.45, 2.75) is 19.4 Å². The molecule has 5 rings (SSSR count). The summed E-state index contributed by atoms with van der Waals surface area (Å²) in [6.45, 7) is 3.81. The van der Waals surface area contributed by atoms with Gasteiger partial charge in [0, 0.05) is 53.7 Å². The zero-order valence-corrected chi connectivity index (χ0v) is 19.1. The first kappa shape index (κ1) is 20.7. The molecule has 1 aromatic carbocycles. The number of rotatable bonds is 6. The second kappa shape index (κ2) is 8.37. The molecule has 0 N–H and O–H groups in total. The van der Waals surface area contributed by atoms with Crippen molar-refractivity contribution in [1.82, 2.24) is 25.1 Å². The van der Waals surface area contributed by atoms with E-state index in [0.29, 0.717) is 11.6 Å². The molecule has 0 bridgehead atoms. The second-order valence-electron chi connectivity index (χ2n) is 8.39. The molecule has 1 aliphatic heterocycles. The van der Waals surface area contributed by atoms with Gasteiger partial charge in [0.15, 0.2) is 5.78 Å². The molecule has 0 aliphatic carbocycles. The van der Waals surface area contributed by atoms with Crippen molar-refractivity contribution in [3.8, 4) is 10.6 Å². The van der Waals surface area contributed by atoms with E-state index in [1.807, 2.05) is 37.4 Å². The fraction of sp³-hybridized carbons (Fsp3) is 0.292. The van der Waals surface area contributed by atoms with E-state index in [4.69, 9.17) is 0 Å². The molecule has 0 spiro atoms. The molecule has 8 heteroatoms. The van der Waals surface area contributed by atoms with Gasteiger partial charge in [-0.15, -0.1) is 10.2 Å². The van der Waals surface area contributed by atoms with Gasteiger partial charge in [-0.1, -0.05) is 23.5 Å². The van der Waals surface area contributed by atoms with Crippen molar-refractivity contribution in [1.29, 1.82) is 0 Å². The van der Waals surface area contributed by atoms with E-state index in [1.165, 1.54) is 0 Å². The molecule has 0 radical (unpaired) electrons. The summed E-state index contributed by atoms with van der Waals surface area (Å²) < 4.78 is 0. The van der Waals surface area contributed by atoms with Gasteiger partial charge in [-0.2, -0.15) is 0 Å². The number of carbonyl (C=O) groups excluding carboxylic acids is 1. The summed E-state index contributed by atoms with van der Waals surface area (Å²) in [4.78, 5) is 26.4. The monoisotopic (exact) mass is 444 g/mol. The summed E-state index contributed by atoms with van der Waals surface area (Å²) in [7, 11) is 4.17. The lowest BCUT2D eigenvalue weighted by atomic mass is 10.0. The SMILES string of the molecule is Cc1nnc(-c2ccc3cnc(CC(=O)c4ccnc(N5CC(N(C)C)C5)c4)cc3c2)s1. The van der Waals surface area contributed by atoms with E-state index in [9.17, 15) is 4.79 Å². The lowest BCUT2D eigenvalue weighted by molar-refractivity contribution is 0.0992. The molecule has 1 saturated heterocycles. The Hall–Kier alpha value is -3.23. The van der Waals surface area contributed by atoms with Gasteiger partial charge in [-0.05, 0) is 50.7 Å². The number of hydrogen-bond donors (Lipinski definition) is 0. The van der Waals surface area contributed by atoms with Crippen LogP contribution in [0.15, 0.2) is 48.8 Å². The van der Waals surface area contributed by atoms with E-state index in [2.05, 4.69) is 50.1 Å². The first-order valence-corrected chi connectivity index (χ1v) is 11.4. The topological polar surface area (TPSA) is 75.1 Å². The third kappa shape index (κ3) is 4.11. The van der Waals surface area contributed by atoms with Gasteiger partial charge >= 0.3 is 0 Å². The predicted molar refractivity (Wildman–Crippen MR) is 127 cm³/mol. The van der Waals surface area contributed by atoms with Crippen LogP contribution in [0.1, 0.15) is 21.1 Å². The fourth-order valence-electron chi connectivity index (χ4n) is 3.83. The van der Waals surface area contributed by atoms with Crippen LogP contribution < -0.4 is 4.90 Å². The Bertz CT molecular complexity index is 1290. The smallest absolute Gasteiger partial charge is 0.169 e. The van der Waals surface area contributed by atoms with Gasteiger partial charge in [0.1, 0.15) is 15.8 Å². The van der Waals surface area contributed by atoms with E-state index in [0.717, 1.165) is 51.0 Å². The Kier molecular flexibility index (Phi) is 5.40. The summed E-state index contributed by atoms with van der Waals surface area (Å²) in [6.07, 6.45) is 3.80. The van der Waals surface area contributed by atoms with Crippen molar-refractivity contribution in [2.75, 3.05) is 32.1 Å². The zero-order valence-electron chi connectivity index (χ0n) is 18.3. The highest BCUT2D eigenvalue weighted by Crippen LogP contribution is 2.27. The van der Waals surface area contributed by atoms with Gasteiger partial charge in [0.25, 0.3) is 0 Å². The number of likely N-dealkylation sites (N-methyl/N-ethyl adjacent to an activating group) is 1. The standard InChI is InChI=1S/C24H24N6OS/c1-15-27-28-24(32-15)17-4-5-18-12-26-20(9-19(18)8-17)11-22(31)16-6-7-25-23(10-16)30-13-21(14-30)29(2)3/h4-10,12,21H,11,13-14H2,1-3H3. The first-order chi connectivity index (χ1) is 15.5. The maximum absolute atomic E-state index is 13.0. The van der Waals surface area contributed by atoms with Crippen LogP contribution in [0.2, 0.25) is 0 Å². The number of fused-ring (bicyclic) bond motifs is 1. The minimum Gasteiger partial charge on any atom is -0.353 e. The molecule has 3 aromatic heterocycles. The number of benzene rings is 1. The number of aromatic nitrogens is 4. The van der Waals surface area contributed by atoms with E-state index >= 15 is 0 Å². The number of anilines is 1.